The second-order valence-electron chi connectivity index (χ2n) is 4.05. The van der Waals surface area contributed by atoms with Crippen LogP contribution in [0.15, 0.2) is 22.4 Å². The number of phenols is 1. The summed E-state index contributed by atoms with van der Waals surface area (Å²) in [7, 11) is 0. The summed E-state index contributed by atoms with van der Waals surface area (Å²) in [6, 6.07) is 2.92. The maximum atomic E-state index is 11.4. The molecule has 1 aromatic heterocycles. The third-order valence-electron chi connectivity index (χ3n) is 2.41. The molecule has 2 aromatic rings. The zero-order chi connectivity index (χ0) is 15.4. The van der Waals surface area contributed by atoms with Crippen LogP contribution >= 0.6 is 23.1 Å². The molecule has 0 saturated heterocycles. The van der Waals surface area contributed by atoms with Crippen molar-refractivity contribution in [1.29, 1.82) is 0 Å². The van der Waals surface area contributed by atoms with Gasteiger partial charge in [0.15, 0.2) is 5.75 Å². The lowest BCUT2D eigenvalue weighted by Crippen LogP contribution is -2.09. The van der Waals surface area contributed by atoms with E-state index in [1.54, 1.807) is 13.8 Å². The molecule has 0 bridgehead atoms. The van der Waals surface area contributed by atoms with Crippen LogP contribution in [0.1, 0.15) is 19.2 Å². The van der Waals surface area contributed by atoms with E-state index in [1.165, 1.54) is 12.1 Å². The predicted octanol–water partition coefficient (Wildman–Crippen LogP) is 3.97. The molecule has 21 heavy (non-hydrogen) atoms. The van der Waals surface area contributed by atoms with Gasteiger partial charge in [-0.1, -0.05) is 18.5 Å². The maximum Gasteiger partial charge on any atom is 0.249 e. The van der Waals surface area contributed by atoms with Crippen LogP contribution in [0.2, 0.25) is 5.02 Å². The Morgan fingerprint density at radius 1 is 1.48 bits per heavy atom. The van der Waals surface area contributed by atoms with Gasteiger partial charge in [-0.15, -0.1) is 10.2 Å². The highest BCUT2D eigenvalue weighted by Gasteiger charge is 2.11. The topological polar surface area (TPSA) is 99.8 Å². The van der Waals surface area contributed by atoms with E-state index in [2.05, 4.69) is 24.9 Å². The number of halogens is 1. The lowest BCUT2D eigenvalue weighted by molar-refractivity contribution is -0.115. The molecule has 0 atom stereocenters. The number of carbonyl (C=O) groups is 1. The molecule has 110 valence electrons. The highest BCUT2D eigenvalue weighted by Crippen LogP contribution is 2.37. The zero-order valence-electron chi connectivity index (χ0n) is 11.3. The number of benzene rings is 1. The average molecular weight is 326 g/mol. The van der Waals surface area contributed by atoms with Crippen molar-refractivity contribution >= 4 is 45.5 Å². The average Bonchev–Trinajstić information content (AvgIpc) is 2.87. The first-order valence-corrected chi connectivity index (χ1v) is 7.19. The van der Waals surface area contributed by atoms with E-state index < -0.39 is 0 Å². The summed E-state index contributed by atoms with van der Waals surface area (Å²) in [4.78, 5) is 15.4. The summed E-state index contributed by atoms with van der Waals surface area (Å²) in [5.41, 5.74) is 0.578. The Hall–Kier alpha value is -2.06. The number of aryl methyl sites for hydroxylation is 1. The Morgan fingerprint density at radius 3 is 2.86 bits per heavy atom. The van der Waals surface area contributed by atoms with Gasteiger partial charge in [-0.2, -0.15) is 4.37 Å². The molecule has 7 nitrogen and oxygen atoms in total. The van der Waals surface area contributed by atoms with Gasteiger partial charge in [0.2, 0.25) is 11.0 Å². The van der Waals surface area contributed by atoms with Gasteiger partial charge >= 0.3 is 0 Å². The first-order chi connectivity index (χ1) is 9.99. The van der Waals surface area contributed by atoms with Crippen molar-refractivity contribution in [3.8, 4) is 5.75 Å². The molecule has 9 heteroatoms. The Bertz CT molecular complexity index is 701. The van der Waals surface area contributed by atoms with Crippen LogP contribution in [0.25, 0.3) is 0 Å². The molecular formula is C12H12ClN5O2S. The first kappa shape index (κ1) is 15.3. The van der Waals surface area contributed by atoms with E-state index in [0.717, 1.165) is 11.5 Å². The lowest BCUT2D eigenvalue weighted by Gasteiger charge is -2.08. The Morgan fingerprint density at radius 2 is 2.24 bits per heavy atom. The minimum absolute atomic E-state index is 0.0753. The standard InChI is InChI=1S/C12H12ClN5O2S/c1-3-10(19)15-9-5-7(4-8(13)11(9)20)16-17-12-14-6(2)18-21-12/h4-5,20H,3H2,1-2H3,(H,15,19)/b17-16+. The van der Waals surface area contributed by atoms with Gasteiger partial charge in [0.1, 0.15) is 5.82 Å². The van der Waals surface area contributed by atoms with Gasteiger partial charge in [0, 0.05) is 18.0 Å². The minimum Gasteiger partial charge on any atom is -0.504 e. The van der Waals surface area contributed by atoms with Gasteiger partial charge in [-0.05, 0) is 19.1 Å². The van der Waals surface area contributed by atoms with Crippen LogP contribution in [0, 0.1) is 6.92 Å². The number of nitrogens with zero attached hydrogens (tertiary/aromatic N) is 4. The van der Waals surface area contributed by atoms with Crippen molar-refractivity contribution in [1.82, 2.24) is 9.36 Å². The fourth-order valence-corrected chi connectivity index (χ4v) is 2.12. The number of nitrogens with one attached hydrogen (secondary N) is 1. The third kappa shape index (κ3) is 3.96. The smallest absolute Gasteiger partial charge is 0.249 e. The molecule has 0 spiro atoms. The number of aromatic hydroxyl groups is 1. The molecular weight excluding hydrogens is 314 g/mol. The summed E-state index contributed by atoms with van der Waals surface area (Å²) in [5, 5.41) is 20.7. The van der Waals surface area contributed by atoms with E-state index in [-0.39, 0.29) is 28.8 Å². The van der Waals surface area contributed by atoms with E-state index in [4.69, 9.17) is 11.6 Å². The molecule has 1 aromatic carbocycles. The quantitative estimate of drug-likeness (QED) is 0.656. The molecule has 2 N–H and O–H groups in total. The van der Waals surface area contributed by atoms with Crippen molar-refractivity contribution < 1.29 is 9.90 Å². The Labute approximate surface area is 129 Å². The Kier molecular flexibility index (Phi) is 4.81. The van der Waals surface area contributed by atoms with Crippen molar-refractivity contribution in [2.24, 2.45) is 10.2 Å². The number of azo groups is 1. The Balaban J connectivity index is 2.28. The normalized spacial score (nSPS) is 11.0. The minimum atomic E-state index is -0.241. The van der Waals surface area contributed by atoms with E-state index in [1.807, 2.05) is 0 Å². The summed E-state index contributed by atoms with van der Waals surface area (Å²) >= 11 is 7.02. The molecule has 2 rings (SSSR count). The molecule has 0 fully saturated rings. The molecule has 0 aliphatic carbocycles. The fraction of sp³-hybridized carbons (Fsp3) is 0.250. The molecule has 0 unspecified atom stereocenters. The SMILES string of the molecule is CCC(=O)Nc1cc(/N=N/c2nc(C)ns2)cc(Cl)c1O. The number of aromatic nitrogens is 2. The monoisotopic (exact) mass is 325 g/mol. The maximum absolute atomic E-state index is 11.4. The van der Waals surface area contributed by atoms with E-state index in [9.17, 15) is 9.90 Å². The van der Waals surface area contributed by atoms with Crippen LogP contribution in [0.3, 0.4) is 0 Å². The van der Waals surface area contributed by atoms with Crippen molar-refractivity contribution in [2.75, 3.05) is 5.32 Å². The fourth-order valence-electron chi connectivity index (χ4n) is 1.40. The third-order valence-corrected chi connectivity index (χ3v) is 3.39. The van der Waals surface area contributed by atoms with Gasteiger partial charge < -0.3 is 10.4 Å². The molecule has 1 heterocycles. The van der Waals surface area contributed by atoms with Crippen LogP contribution < -0.4 is 5.32 Å². The summed E-state index contributed by atoms with van der Waals surface area (Å²) in [5.74, 6) is 0.174. The predicted molar refractivity (Wildman–Crippen MR) is 80.9 cm³/mol. The van der Waals surface area contributed by atoms with Gasteiger partial charge in [0.05, 0.1) is 16.4 Å². The highest BCUT2D eigenvalue weighted by molar-refractivity contribution is 7.09. The largest absolute Gasteiger partial charge is 0.504 e. The van der Waals surface area contributed by atoms with Crippen LogP contribution in [0.5, 0.6) is 5.75 Å². The molecule has 0 aliphatic rings. The summed E-state index contributed by atoms with van der Waals surface area (Å²) in [6.07, 6.45) is 0.285. The first-order valence-electron chi connectivity index (χ1n) is 6.04. The highest BCUT2D eigenvalue weighted by atomic mass is 35.5. The number of amides is 1. The van der Waals surface area contributed by atoms with Crippen LogP contribution in [0.4, 0.5) is 16.5 Å². The second-order valence-corrected chi connectivity index (χ2v) is 5.19. The summed E-state index contributed by atoms with van der Waals surface area (Å²) in [6.45, 7) is 3.46. The zero-order valence-corrected chi connectivity index (χ0v) is 12.9. The second kappa shape index (κ2) is 6.59. The van der Waals surface area contributed by atoms with Crippen LogP contribution in [-0.2, 0) is 4.79 Å². The number of anilines is 1. The molecule has 0 radical (unpaired) electrons. The van der Waals surface area contributed by atoms with Gasteiger partial charge in [0.25, 0.3) is 0 Å². The molecule has 0 saturated carbocycles. The van der Waals surface area contributed by atoms with Crippen molar-refractivity contribution in [3.63, 3.8) is 0 Å². The van der Waals surface area contributed by atoms with Crippen LogP contribution in [-0.4, -0.2) is 20.4 Å². The van der Waals surface area contributed by atoms with E-state index in [0.29, 0.717) is 16.6 Å². The van der Waals surface area contributed by atoms with Gasteiger partial charge in [-0.25, -0.2) is 4.98 Å². The lowest BCUT2D eigenvalue weighted by atomic mass is 10.2. The molecule has 0 aliphatic heterocycles. The number of carbonyl (C=O) groups excluding carboxylic acids is 1. The number of hydrogen-bond donors (Lipinski definition) is 2. The molecule has 1 amide bonds. The van der Waals surface area contributed by atoms with E-state index >= 15 is 0 Å². The number of hydrogen-bond acceptors (Lipinski definition) is 7. The van der Waals surface area contributed by atoms with Crippen molar-refractivity contribution in [3.05, 3.63) is 23.0 Å². The number of rotatable bonds is 4. The summed E-state index contributed by atoms with van der Waals surface area (Å²) < 4.78 is 3.98. The van der Waals surface area contributed by atoms with Crippen molar-refractivity contribution in [2.45, 2.75) is 20.3 Å². The van der Waals surface area contributed by atoms with Gasteiger partial charge in [-0.3, -0.25) is 4.79 Å². The number of phenolic OH excluding ortho intramolecular Hbond substituents is 1.